The molecular formula is C12H19N3O3. The van der Waals surface area contributed by atoms with Gasteiger partial charge in [-0.15, -0.1) is 0 Å². The maximum absolute atomic E-state index is 11.3. The van der Waals surface area contributed by atoms with Gasteiger partial charge in [-0.2, -0.15) is 4.98 Å². The number of methoxy groups -OCH3 is 1. The van der Waals surface area contributed by atoms with E-state index in [9.17, 15) is 4.79 Å². The molecule has 0 saturated carbocycles. The number of rotatable bonds is 6. The molecule has 0 atom stereocenters. The average Bonchev–Trinajstić information content (AvgIpc) is 2.35. The van der Waals surface area contributed by atoms with Gasteiger partial charge < -0.3 is 14.4 Å². The Bertz CT molecular complexity index is 396. The Kier molecular flexibility index (Phi) is 5.35. The van der Waals surface area contributed by atoms with Gasteiger partial charge in [0.2, 0.25) is 5.88 Å². The van der Waals surface area contributed by atoms with Crippen LogP contribution in [-0.4, -0.2) is 42.2 Å². The van der Waals surface area contributed by atoms with Crippen molar-refractivity contribution in [2.75, 3.05) is 25.1 Å². The van der Waals surface area contributed by atoms with Crippen molar-refractivity contribution in [3.63, 3.8) is 0 Å². The fraction of sp³-hybridized carbons (Fsp3) is 0.583. The minimum atomic E-state index is -0.311. The molecule has 1 aromatic heterocycles. The van der Waals surface area contributed by atoms with Gasteiger partial charge in [-0.1, -0.05) is 0 Å². The molecule has 0 saturated heterocycles. The topological polar surface area (TPSA) is 64.6 Å². The zero-order valence-corrected chi connectivity index (χ0v) is 11.2. The van der Waals surface area contributed by atoms with Crippen molar-refractivity contribution < 1.29 is 14.3 Å². The van der Waals surface area contributed by atoms with Crippen LogP contribution in [0.5, 0.6) is 5.88 Å². The molecule has 18 heavy (non-hydrogen) atoms. The van der Waals surface area contributed by atoms with Crippen molar-refractivity contribution in [1.82, 2.24) is 9.97 Å². The average molecular weight is 253 g/mol. The van der Waals surface area contributed by atoms with E-state index >= 15 is 0 Å². The van der Waals surface area contributed by atoms with Crippen LogP contribution in [0, 0.1) is 0 Å². The fourth-order valence-electron chi connectivity index (χ4n) is 1.36. The van der Waals surface area contributed by atoms with Crippen LogP contribution >= 0.6 is 0 Å². The number of likely N-dealkylation sites (N-methyl/N-ethyl adjacent to an activating group) is 1. The lowest BCUT2D eigenvalue weighted by Gasteiger charge is -2.20. The molecule has 6 heteroatoms. The van der Waals surface area contributed by atoms with Gasteiger partial charge in [-0.25, -0.2) is 0 Å². The van der Waals surface area contributed by atoms with Gasteiger partial charge in [-0.3, -0.25) is 9.78 Å². The summed E-state index contributed by atoms with van der Waals surface area (Å²) in [7, 11) is 1.36. The van der Waals surface area contributed by atoms with Crippen molar-refractivity contribution in [3.8, 4) is 5.88 Å². The zero-order valence-electron chi connectivity index (χ0n) is 11.2. The van der Waals surface area contributed by atoms with Gasteiger partial charge in [0.15, 0.2) is 5.82 Å². The molecule has 0 unspecified atom stereocenters. The summed E-state index contributed by atoms with van der Waals surface area (Å²) in [5.74, 6) is 0.737. The zero-order chi connectivity index (χ0) is 13.5. The number of carbonyl (C=O) groups is 1. The molecular weight excluding hydrogens is 234 g/mol. The first kappa shape index (κ1) is 14.2. The van der Waals surface area contributed by atoms with Gasteiger partial charge in [0.05, 0.1) is 25.6 Å². The van der Waals surface area contributed by atoms with Crippen molar-refractivity contribution in [2.45, 2.75) is 26.9 Å². The molecule has 0 N–H and O–H groups in total. The summed E-state index contributed by atoms with van der Waals surface area (Å²) in [5.41, 5.74) is 0. The van der Waals surface area contributed by atoms with Crippen LogP contribution in [-0.2, 0) is 9.53 Å². The van der Waals surface area contributed by atoms with E-state index in [4.69, 9.17) is 4.74 Å². The summed E-state index contributed by atoms with van der Waals surface area (Å²) in [6.07, 6.45) is 3.18. The van der Waals surface area contributed by atoms with Crippen LogP contribution in [0.25, 0.3) is 0 Å². The quantitative estimate of drug-likeness (QED) is 0.711. The molecule has 1 rings (SSSR count). The summed E-state index contributed by atoms with van der Waals surface area (Å²) in [6.45, 7) is 6.54. The van der Waals surface area contributed by atoms with E-state index in [2.05, 4.69) is 14.7 Å². The molecule has 0 aromatic carbocycles. The number of nitrogens with zero attached hydrogens (tertiary/aromatic N) is 3. The molecule has 0 aliphatic rings. The SMILES string of the molecule is CCN(CC(=O)OC)c1cncc(OC(C)C)n1. The highest BCUT2D eigenvalue weighted by Crippen LogP contribution is 2.14. The predicted octanol–water partition coefficient (Wildman–Crippen LogP) is 1.26. The van der Waals surface area contributed by atoms with E-state index in [1.165, 1.54) is 7.11 Å². The number of ether oxygens (including phenoxy) is 2. The third-order valence-electron chi connectivity index (χ3n) is 2.21. The van der Waals surface area contributed by atoms with Gasteiger partial charge >= 0.3 is 5.97 Å². The Morgan fingerprint density at radius 2 is 2.17 bits per heavy atom. The molecule has 0 bridgehead atoms. The second kappa shape index (κ2) is 6.78. The standard InChI is InChI=1S/C12H19N3O3/c1-5-15(8-12(16)17-4)10-6-13-7-11(14-10)18-9(2)3/h6-7,9H,5,8H2,1-4H3. The molecule has 1 aromatic rings. The summed E-state index contributed by atoms with van der Waals surface area (Å²) in [4.78, 5) is 21.4. The van der Waals surface area contributed by atoms with Gasteiger partial charge in [0, 0.05) is 6.54 Å². The van der Waals surface area contributed by atoms with E-state index < -0.39 is 0 Å². The highest BCUT2D eigenvalue weighted by Gasteiger charge is 2.12. The lowest BCUT2D eigenvalue weighted by atomic mass is 10.4. The normalized spacial score (nSPS) is 10.3. The number of hydrogen-bond acceptors (Lipinski definition) is 6. The Hall–Kier alpha value is -1.85. The van der Waals surface area contributed by atoms with Crippen molar-refractivity contribution >= 4 is 11.8 Å². The largest absolute Gasteiger partial charge is 0.474 e. The fourth-order valence-corrected chi connectivity index (χ4v) is 1.36. The Balaban J connectivity index is 2.82. The van der Waals surface area contributed by atoms with Crippen LogP contribution in [0.15, 0.2) is 12.4 Å². The minimum absolute atomic E-state index is 0.0326. The highest BCUT2D eigenvalue weighted by molar-refractivity contribution is 5.75. The number of esters is 1. The summed E-state index contributed by atoms with van der Waals surface area (Å²) in [6, 6.07) is 0. The van der Waals surface area contributed by atoms with Crippen LogP contribution in [0.4, 0.5) is 5.82 Å². The third-order valence-corrected chi connectivity index (χ3v) is 2.21. The second-order valence-electron chi connectivity index (χ2n) is 3.97. The first-order chi connectivity index (χ1) is 8.56. The lowest BCUT2D eigenvalue weighted by molar-refractivity contribution is -0.138. The van der Waals surface area contributed by atoms with Crippen LogP contribution in [0.2, 0.25) is 0 Å². The maximum Gasteiger partial charge on any atom is 0.325 e. The molecule has 0 spiro atoms. The lowest BCUT2D eigenvalue weighted by Crippen LogP contribution is -2.31. The monoisotopic (exact) mass is 253 g/mol. The van der Waals surface area contributed by atoms with Crippen molar-refractivity contribution in [1.29, 1.82) is 0 Å². The highest BCUT2D eigenvalue weighted by atomic mass is 16.5. The second-order valence-corrected chi connectivity index (χ2v) is 3.97. The van der Waals surface area contributed by atoms with Gasteiger partial charge in [0.1, 0.15) is 6.54 Å². The number of carbonyl (C=O) groups excluding carboxylic acids is 1. The molecule has 0 aliphatic heterocycles. The first-order valence-electron chi connectivity index (χ1n) is 5.87. The third kappa shape index (κ3) is 4.20. The maximum atomic E-state index is 11.3. The molecule has 1 heterocycles. The van der Waals surface area contributed by atoms with Gasteiger partial charge in [-0.05, 0) is 20.8 Å². The number of anilines is 1. The Morgan fingerprint density at radius 3 is 2.72 bits per heavy atom. The summed E-state index contributed by atoms with van der Waals surface area (Å²) in [5, 5.41) is 0. The summed E-state index contributed by atoms with van der Waals surface area (Å²) < 4.78 is 10.1. The van der Waals surface area contributed by atoms with Crippen molar-refractivity contribution in [3.05, 3.63) is 12.4 Å². The van der Waals surface area contributed by atoms with Crippen LogP contribution < -0.4 is 9.64 Å². The van der Waals surface area contributed by atoms with E-state index in [1.807, 2.05) is 20.8 Å². The molecule has 0 radical (unpaired) electrons. The Labute approximate surface area is 107 Å². The summed E-state index contributed by atoms with van der Waals surface area (Å²) >= 11 is 0. The number of aromatic nitrogens is 2. The number of hydrogen-bond donors (Lipinski definition) is 0. The Morgan fingerprint density at radius 1 is 1.44 bits per heavy atom. The van der Waals surface area contributed by atoms with E-state index in [0.717, 1.165) is 0 Å². The predicted molar refractivity (Wildman–Crippen MR) is 67.7 cm³/mol. The van der Waals surface area contributed by atoms with Gasteiger partial charge in [0.25, 0.3) is 0 Å². The molecule has 6 nitrogen and oxygen atoms in total. The van der Waals surface area contributed by atoms with E-state index in [-0.39, 0.29) is 18.6 Å². The molecule has 0 aliphatic carbocycles. The van der Waals surface area contributed by atoms with Crippen molar-refractivity contribution in [2.24, 2.45) is 0 Å². The van der Waals surface area contributed by atoms with E-state index in [0.29, 0.717) is 18.2 Å². The van der Waals surface area contributed by atoms with Crippen LogP contribution in [0.3, 0.4) is 0 Å². The first-order valence-corrected chi connectivity index (χ1v) is 5.87. The minimum Gasteiger partial charge on any atom is -0.474 e. The molecule has 100 valence electrons. The van der Waals surface area contributed by atoms with E-state index in [1.54, 1.807) is 17.3 Å². The smallest absolute Gasteiger partial charge is 0.325 e. The molecule has 0 amide bonds. The van der Waals surface area contributed by atoms with Crippen LogP contribution in [0.1, 0.15) is 20.8 Å². The molecule has 0 fully saturated rings.